The molecule has 1 fully saturated rings. The number of halogens is 2. The van der Waals surface area contributed by atoms with Crippen molar-refractivity contribution in [3.05, 3.63) is 80.7 Å². The van der Waals surface area contributed by atoms with E-state index in [1.54, 1.807) is 35.2 Å². The molecular formula is C25H24Cl2N6O. The van der Waals surface area contributed by atoms with Crippen LogP contribution in [0.3, 0.4) is 0 Å². The molecular weight excluding hydrogens is 471 g/mol. The minimum absolute atomic E-state index is 0.216. The summed E-state index contributed by atoms with van der Waals surface area (Å²) >= 11 is 12.7. The van der Waals surface area contributed by atoms with Gasteiger partial charge in [0, 0.05) is 69.0 Å². The van der Waals surface area contributed by atoms with Gasteiger partial charge in [0.25, 0.3) is 0 Å². The van der Waals surface area contributed by atoms with E-state index in [9.17, 15) is 4.79 Å². The average molecular weight is 495 g/mol. The summed E-state index contributed by atoms with van der Waals surface area (Å²) in [7, 11) is 1.83. The minimum atomic E-state index is -0.216. The van der Waals surface area contributed by atoms with Crippen molar-refractivity contribution >= 4 is 45.9 Å². The van der Waals surface area contributed by atoms with Crippen molar-refractivity contribution in [1.29, 1.82) is 0 Å². The van der Waals surface area contributed by atoms with Crippen molar-refractivity contribution in [3.8, 4) is 11.1 Å². The molecule has 2 N–H and O–H groups in total. The number of hydrogen-bond acceptors (Lipinski definition) is 6. The molecule has 5 rings (SSSR count). The summed E-state index contributed by atoms with van der Waals surface area (Å²) in [5.74, 6) is 0.417. The molecule has 2 aromatic heterocycles. The van der Waals surface area contributed by atoms with Crippen molar-refractivity contribution in [1.82, 2.24) is 24.8 Å². The van der Waals surface area contributed by atoms with Gasteiger partial charge in [-0.15, -0.1) is 0 Å². The summed E-state index contributed by atoms with van der Waals surface area (Å²) in [6, 6.07) is 13.4. The molecule has 0 atom stereocenters. The van der Waals surface area contributed by atoms with Crippen LogP contribution in [0.25, 0.3) is 22.2 Å². The maximum absolute atomic E-state index is 13.2. The Morgan fingerprint density at radius 2 is 1.76 bits per heavy atom. The second kappa shape index (κ2) is 9.72. The van der Waals surface area contributed by atoms with Gasteiger partial charge in [-0.25, -0.2) is 4.98 Å². The Labute approximate surface area is 207 Å². The van der Waals surface area contributed by atoms with E-state index in [-0.39, 0.29) is 5.43 Å². The van der Waals surface area contributed by atoms with Gasteiger partial charge >= 0.3 is 0 Å². The standard InChI is InChI=1S/C25H24Cl2N6O/c1-32-15-19(22-20(26)3-2-4-21(22)27)23(34)18-13-29-25(31-24(18)32)30-17-7-5-16(6-8-17)14-33-11-9-28-10-12-33/h2-8,13,15,28H,9-12,14H2,1H3,(H,29,30,31). The van der Waals surface area contributed by atoms with Crippen LogP contribution in [0.4, 0.5) is 11.6 Å². The lowest BCUT2D eigenvalue weighted by Gasteiger charge is -2.27. The number of pyridine rings is 1. The summed E-state index contributed by atoms with van der Waals surface area (Å²) in [6.45, 7) is 5.14. The van der Waals surface area contributed by atoms with Gasteiger partial charge in [-0.05, 0) is 29.8 Å². The zero-order valence-corrected chi connectivity index (χ0v) is 20.2. The normalized spacial score (nSPS) is 14.4. The summed E-state index contributed by atoms with van der Waals surface area (Å²) < 4.78 is 1.79. The molecule has 0 spiro atoms. The van der Waals surface area contributed by atoms with Crippen LogP contribution in [0.15, 0.2) is 59.7 Å². The number of anilines is 2. The van der Waals surface area contributed by atoms with E-state index in [0.717, 1.165) is 38.4 Å². The number of nitrogens with one attached hydrogen (secondary N) is 2. The highest BCUT2D eigenvalue weighted by Gasteiger charge is 2.17. The van der Waals surface area contributed by atoms with E-state index in [4.69, 9.17) is 23.2 Å². The van der Waals surface area contributed by atoms with Gasteiger partial charge in [0.05, 0.1) is 15.4 Å². The summed E-state index contributed by atoms with van der Waals surface area (Å²) in [5.41, 5.74) is 3.37. The topological polar surface area (TPSA) is 75.1 Å². The van der Waals surface area contributed by atoms with Gasteiger partial charge in [-0.2, -0.15) is 4.98 Å². The lowest BCUT2D eigenvalue weighted by molar-refractivity contribution is 0.233. The van der Waals surface area contributed by atoms with E-state index >= 15 is 0 Å². The van der Waals surface area contributed by atoms with Crippen LogP contribution in [0, 0.1) is 0 Å². The van der Waals surface area contributed by atoms with E-state index in [0.29, 0.717) is 38.2 Å². The zero-order chi connectivity index (χ0) is 23.7. The number of aryl methyl sites for hydroxylation is 1. The summed E-state index contributed by atoms with van der Waals surface area (Å²) in [6.07, 6.45) is 3.25. The maximum Gasteiger partial charge on any atom is 0.229 e. The molecule has 0 unspecified atom stereocenters. The van der Waals surface area contributed by atoms with Gasteiger partial charge in [0.2, 0.25) is 11.4 Å². The summed E-state index contributed by atoms with van der Waals surface area (Å²) in [4.78, 5) is 24.6. The van der Waals surface area contributed by atoms with Crippen molar-refractivity contribution in [2.45, 2.75) is 6.54 Å². The fourth-order valence-electron chi connectivity index (χ4n) is 4.20. The van der Waals surface area contributed by atoms with E-state index in [1.807, 2.05) is 19.2 Å². The molecule has 0 radical (unpaired) electrons. The molecule has 1 saturated heterocycles. The molecule has 34 heavy (non-hydrogen) atoms. The van der Waals surface area contributed by atoms with E-state index in [1.165, 1.54) is 5.56 Å². The van der Waals surface area contributed by atoms with Gasteiger partial charge in [-0.3, -0.25) is 9.69 Å². The Hall–Kier alpha value is -2.97. The predicted octanol–water partition coefficient (Wildman–Crippen LogP) is 4.45. The second-order valence-electron chi connectivity index (χ2n) is 8.36. The lowest BCUT2D eigenvalue weighted by atomic mass is 10.1. The second-order valence-corrected chi connectivity index (χ2v) is 9.17. The van der Waals surface area contributed by atoms with Crippen molar-refractivity contribution in [3.63, 3.8) is 0 Å². The molecule has 3 heterocycles. The van der Waals surface area contributed by atoms with Crippen molar-refractivity contribution in [2.75, 3.05) is 31.5 Å². The third-order valence-corrected chi connectivity index (χ3v) is 6.60. The van der Waals surface area contributed by atoms with Crippen LogP contribution < -0.4 is 16.1 Å². The van der Waals surface area contributed by atoms with Crippen LogP contribution in [0.1, 0.15) is 5.56 Å². The van der Waals surface area contributed by atoms with E-state index < -0.39 is 0 Å². The third kappa shape index (κ3) is 4.65. The smallest absolute Gasteiger partial charge is 0.229 e. The largest absolute Gasteiger partial charge is 0.335 e. The van der Waals surface area contributed by atoms with Crippen LogP contribution >= 0.6 is 23.2 Å². The number of piperazine rings is 1. The molecule has 0 aliphatic carbocycles. The molecule has 7 nitrogen and oxygen atoms in total. The average Bonchev–Trinajstić information content (AvgIpc) is 2.84. The molecule has 174 valence electrons. The highest BCUT2D eigenvalue weighted by Crippen LogP contribution is 2.33. The number of hydrogen-bond donors (Lipinski definition) is 2. The zero-order valence-electron chi connectivity index (χ0n) is 18.7. The number of rotatable bonds is 5. The Bertz CT molecular complexity index is 1380. The van der Waals surface area contributed by atoms with Gasteiger partial charge in [0.15, 0.2) is 0 Å². The quantitative estimate of drug-likeness (QED) is 0.426. The number of aromatic nitrogens is 3. The molecule has 1 aliphatic rings. The van der Waals surface area contributed by atoms with Gasteiger partial charge in [0.1, 0.15) is 5.65 Å². The Morgan fingerprint density at radius 3 is 2.47 bits per heavy atom. The molecule has 0 bridgehead atoms. The Morgan fingerprint density at radius 1 is 1.06 bits per heavy atom. The lowest BCUT2D eigenvalue weighted by Crippen LogP contribution is -2.42. The monoisotopic (exact) mass is 494 g/mol. The van der Waals surface area contributed by atoms with Crippen LogP contribution in [0.2, 0.25) is 10.0 Å². The van der Waals surface area contributed by atoms with Crippen molar-refractivity contribution in [2.24, 2.45) is 7.05 Å². The van der Waals surface area contributed by atoms with Crippen LogP contribution in [0.5, 0.6) is 0 Å². The third-order valence-electron chi connectivity index (χ3n) is 5.97. The highest BCUT2D eigenvalue weighted by atomic mass is 35.5. The van der Waals surface area contributed by atoms with Gasteiger partial charge in [-0.1, -0.05) is 41.4 Å². The Kier molecular flexibility index (Phi) is 6.52. The first kappa shape index (κ1) is 22.8. The SMILES string of the molecule is Cn1cc(-c2c(Cl)cccc2Cl)c(=O)c2cnc(Nc3ccc(CN4CCNCC4)cc3)nc21. The highest BCUT2D eigenvalue weighted by molar-refractivity contribution is 6.39. The number of fused-ring (bicyclic) bond motifs is 1. The van der Waals surface area contributed by atoms with Gasteiger partial charge < -0.3 is 15.2 Å². The molecule has 4 aromatic rings. The molecule has 0 saturated carbocycles. The Balaban J connectivity index is 1.40. The molecule has 0 amide bonds. The minimum Gasteiger partial charge on any atom is -0.335 e. The maximum atomic E-state index is 13.2. The summed E-state index contributed by atoms with van der Waals surface area (Å²) in [5, 5.41) is 7.85. The fraction of sp³-hybridized carbons (Fsp3) is 0.240. The fourth-order valence-corrected chi connectivity index (χ4v) is 4.80. The number of nitrogens with zero attached hydrogens (tertiary/aromatic N) is 4. The first-order chi connectivity index (χ1) is 16.5. The van der Waals surface area contributed by atoms with Crippen molar-refractivity contribution < 1.29 is 0 Å². The molecule has 2 aromatic carbocycles. The van der Waals surface area contributed by atoms with Crippen LogP contribution in [-0.4, -0.2) is 45.6 Å². The predicted molar refractivity (Wildman–Crippen MR) is 138 cm³/mol. The first-order valence-electron chi connectivity index (χ1n) is 11.1. The van der Waals surface area contributed by atoms with Crippen LogP contribution in [-0.2, 0) is 13.6 Å². The number of benzene rings is 2. The molecule has 1 aliphatic heterocycles. The van der Waals surface area contributed by atoms with E-state index in [2.05, 4.69) is 37.6 Å². The molecule has 9 heteroatoms. The first-order valence-corrected chi connectivity index (χ1v) is 11.8.